The molecule has 1 atom stereocenters. The molecule has 1 aliphatic rings. The maximum absolute atomic E-state index is 13.8. The molecule has 1 fully saturated rings. The summed E-state index contributed by atoms with van der Waals surface area (Å²) in [5.74, 6) is -0.687. The molecular formula is C13H19ClFN3O2S. The van der Waals surface area contributed by atoms with Crippen LogP contribution in [0.3, 0.4) is 0 Å². The minimum atomic E-state index is -3.78. The van der Waals surface area contributed by atoms with Crippen molar-refractivity contribution in [3.63, 3.8) is 0 Å². The van der Waals surface area contributed by atoms with Gasteiger partial charge in [-0.2, -0.15) is 12.7 Å². The van der Waals surface area contributed by atoms with Crippen molar-refractivity contribution in [2.75, 3.05) is 24.9 Å². The summed E-state index contributed by atoms with van der Waals surface area (Å²) in [6, 6.07) is 3.74. The van der Waals surface area contributed by atoms with Crippen LogP contribution in [0.2, 0.25) is 5.02 Å². The quantitative estimate of drug-likeness (QED) is 0.867. The molecule has 1 aliphatic heterocycles. The highest BCUT2D eigenvalue weighted by Gasteiger charge is 2.32. The first-order valence-electron chi connectivity index (χ1n) is 6.83. The third kappa shape index (κ3) is 4.06. The second-order valence-corrected chi connectivity index (χ2v) is 7.11. The van der Waals surface area contributed by atoms with Crippen LogP contribution in [-0.4, -0.2) is 38.9 Å². The van der Waals surface area contributed by atoms with Crippen molar-refractivity contribution >= 4 is 27.5 Å². The number of hydrogen-bond acceptors (Lipinski definition) is 3. The zero-order valence-electron chi connectivity index (χ0n) is 11.8. The van der Waals surface area contributed by atoms with E-state index < -0.39 is 16.0 Å². The molecule has 0 aromatic heterocycles. The average molecular weight is 336 g/mol. The SMILES string of the molecule is CNCC1CCCCN1S(=O)(=O)Nc1ccc(Cl)cc1F. The van der Waals surface area contributed by atoms with Gasteiger partial charge in [-0.15, -0.1) is 0 Å². The predicted molar refractivity (Wildman–Crippen MR) is 82.2 cm³/mol. The van der Waals surface area contributed by atoms with E-state index in [-0.39, 0.29) is 16.8 Å². The number of likely N-dealkylation sites (N-methyl/N-ethyl adjacent to an activating group) is 1. The van der Waals surface area contributed by atoms with Crippen LogP contribution in [-0.2, 0) is 10.2 Å². The summed E-state index contributed by atoms with van der Waals surface area (Å²) >= 11 is 5.67. The molecule has 8 heteroatoms. The van der Waals surface area contributed by atoms with Gasteiger partial charge in [0, 0.05) is 24.2 Å². The Balaban J connectivity index is 2.20. The number of piperidine rings is 1. The van der Waals surface area contributed by atoms with Gasteiger partial charge >= 0.3 is 10.2 Å². The third-order valence-electron chi connectivity index (χ3n) is 3.49. The highest BCUT2D eigenvalue weighted by molar-refractivity contribution is 7.90. The number of nitrogens with zero attached hydrogens (tertiary/aromatic N) is 1. The van der Waals surface area contributed by atoms with Crippen LogP contribution in [0, 0.1) is 5.82 Å². The lowest BCUT2D eigenvalue weighted by Gasteiger charge is -2.34. The number of anilines is 1. The van der Waals surface area contributed by atoms with Gasteiger partial charge in [0.1, 0.15) is 5.82 Å². The van der Waals surface area contributed by atoms with Crippen molar-refractivity contribution in [2.45, 2.75) is 25.3 Å². The molecule has 0 aliphatic carbocycles. The Kier molecular flexibility index (Phi) is 5.43. The molecule has 1 unspecified atom stereocenters. The van der Waals surface area contributed by atoms with Crippen LogP contribution in [0.1, 0.15) is 19.3 Å². The van der Waals surface area contributed by atoms with Gasteiger partial charge in [-0.25, -0.2) is 4.39 Å². The lowest BCUT2D eigenvalue weighted by molar-refractivity contribution is 0.250. The molecule has 2 N–H and O–H groups in total. The van der Waals surface area contributed by atoms with Gasteiger partial charge < -0.3 is 5.32 Å². The summed E-state index contributed by atoms with van der Waals surface area (Å²) in [5.41, 5.74) is -0.0896. The summed E-state index contributed by atoms with van der Waals surface area (Å²) in [6.07, 6.45) is 2.60. The van der Waals surface area contributed by atoms with Crippen molar-refractivity contribution < 1.29 is 12.8 Å². The van der Waals surface area contributed by atoms with Crippen LogP contribution in [0.15, 0.2) is 18.2 Å². The standard InChI is InChI=1S/C13H19ClFN3O2S/c1-16-9-11-4-2-3-7-18(11)21(19,20)17-13-6-5-10(14)8-12(13)15/h5-6,8,11,16-17H,2-4,7,9H2,1H3. The summed E-state index contributed by atoms with van der Waals surface area (Å²) in [5, 5.41) is 3.22. The molecule has 1 saturated heterocycles. The van der Waals surface area contributed by atoms with Gasteiger partial charge in [-0.05, 0) is 38.1 Å². The lowest BCUT2D eigenvalue weighted by Crippen LogP contribution is -2.50. The van der Waals surface area contributed by atoms with E-state index in [1.807, 2.05) is 0 Å². The smallest absolute Gasteiger partial charge is 0.302 e. The second kappa shape index (κ2) is 6.91. The highest BCUT2D eigenvalue weighted by atomic mass is 35.5. The van der Waals surface area contributed by atoms with Gasteiger partial charge in [0.15, 0.2) is 0 Å². The van der Waals surface area contributed by atoms with Crippen LogP contribution in [0.4, 0.5) is 10.1 Å². The van der Waals surface area contributed by atoms with E-state index >= 15 is 0 Å². The second-order valence-electron chi connectivity index (χ2n) is 5.05. The minimum Gasteiger partial charge on any atom is -0.318 e. The van der Waals surface area contributed by atoms with Crippen molar-refractivity contribution in [3.05, 3.63) is 29.0 Å². The molecule has 1 aromatic carbocycles. The summed E-state index contributed by atoms with van der Waals surface area (Å²) in [7, 11) is -2.00. The summed E-state index contributed by atoms with van der Waals surface area (Å²) in [6.45, 7) is 1.01. The normalized spacial score (nSPS) is 20.4. The van der Waals surface area contributed by atoms with E-state index in [2.05, 4.69) is 10.0 Å². The molecule has 21 heavy (non-hydrogen) atoms. The molecule has 118 valence electrons. The molecule has 1 heterocycles. The Morgan fingerprint density at radius 3 is 2.86 bits per heavy atom. The molecule has 0 spiro atoms. The fourth-order valence-corrected chi connectivity index (χ4v) is 4.16. The first-order valence-corrected chi connectivity index (χ1v) is 8.65. The predicted octanol–water partition coefficient (Wildman–Crippen LogP) is 2.21. The number of benzene rings is 1. The third-order valence-corrected chi connectivity index (χ3v) is 5.30. The number of rotatable bonds is 5. The lowest BCUT2D eigenvalue weighted by atomic mass is 10.1. The zero-order chi connectivity index (χ0) is 15.5. The van der Waals surface area contributed by atoms with E-state index in [0.717, 1.165) is 25.3 Å². The Bertz CT molecular complexity index is 595. The van der Waals surface area contributed by atoms with Crippen molar-refractivity contribution in [1.29, 1.82) is 0 Å². The van der Waals surface area contributed by atoms with Gasteiger partial charge in [0.2, 0.25) is 0 Å². The minimum absolute atomic E-state index is 0.0896. The van der Waals surface area contributed by atoms with Crippen LogP contribution < -0.4 is 10.0 Å². The van der Waals surface area contributed by atoms with Crippen molar-refractivity contribution in [3.8, 4) is 0 Å². The molecule has 0 radical (unpaired) electrons. The Hall–Kier alpha value is -0.890. The van der Waals surface area contributed by atoms with Gasteiger partial charge in [0.25, 0.3) is 0 Å². The molecule has 0 saturated carbocycles. The highest BCUT2D eigenvalue weighted by Crippen LogP contribution is 2.24. The molecular weight excluding hydrogens is 317 g/mol. The number of nitrogens with one attached hydrogen (secondary N) is 2. The van der Waals surface area contributed by atoms with E-state index in [1.54, 1.807) is 7.05 Å². The Morgan fingerprint density at radius 1 is 1.43 bits per heavy atom. The van der Waals surface area contributed by atoms with Gasteiger partial charge in [-0.1, -0.05) is 18.0 Å². The topological polar surface area (TPSA) is 61.4 Å². The maximum atomic E-state index is 13.8. The Morgan fingerprint density at radius 2 is 2.19 bits per heavy atom. The molecule has 1 aromatic rings. The van der Waals surface area contributed by atoms with E-state index in [1.165, 1.54) is 16.4 Å². The van der Waals surface area contributed by atoms with Gasteiger partial charge in [0.05, 0.1) is 5.69 Å². The van der Waals surface area contributed by atoms with E-state index in [9.17, 15) is 12.8 Å². The zero-order valence-corrected chi connectivity index (χ0v) is 13.3. The van der Waals surface area contributed by atoms with Crippen LogP contribution >= 0.6 is 11.6 Å². The van der Waals surface area contributed by atoms with E-state index in [0.29, 0.717) is 13.1 Å². The summed E-state index contributed by atoms with van der Waals surface area (Å²) in [4.78, 5) is 0. The van der Waals surface area contributed by atoms with E-state index in [4.69, 9.17) is 11.6 Å². The fourth-order valence-electron chi connectivity index (χ4n) is 2.50. The van der Waals surface area contributed by atoms with Crippen molar-refractivity contribution in [2.24, 2.45) is 0 Å². The average Bonchev–Trinajstić information content (AvgIpc) is 2.43. The Labute approximate surface area is 129 Å². The number of hydrogen-bond donors (Lipinski definition) is 2. The molecule has 0 amide bonds. The number of halogens is 2. The molecule has 0 bridgehead atoms. The monoisotopic (exact) mass is 335 g/mol. The van der Waals surface area contributed by atoms with Crippen LogP contribution in [0.25, 0.3) is 0 Å². The maximum Gasteiger partial charge on any atom is 0.302 e. The van der Waals surface area contributed by atoms with Crippen molar-refractivity contribution in [1.82, 2.24) is 9.62 Å². The largest absolute Gasteiger partial charge is 0.318 e. The first-order chi connectivity index (χ1) is 9.94. The van der Waals surface area contributed by atoms with Gasteiger partial charge in [-0.3, -0.25) is 4.72 Å². The summed E-state index contributed by atoms with van der Waals surface area (Å²) < 4.78 is 42.4. The molecule has 5 nitrogen and oxygen atoms in total. The van der Waals surface area contributed by atoms with Crippen LogP contribution in [0.5, 0.6) is 0 Å². The molecule has 2 rings (SSSR count). The first kappa shape index (κ1) is 16.5. The fraction of sp³-hybridized carbons (Fsp3) is 0.538.